The minimum atomic E-state index is -3.39. The monoisotopic (exact) mass is 330 g/mol. The maximum absolute atomic E-state index is 12.7. The average molecular weight is 331 g/mol. The van der Waals surface area contributed by atoms with Gasteiger partial charge in [0.1, 0.15) is 4.21 Å². The number of fused-ring (bicyclic) bond motifs is 1. The van der Waals surface area contributed by atoms with Gasteiger partial charge in [-0.15, -0.1) is 11.3 Å². The molecule has 0 spiro atoms. The Morgan fingerprint density at radius 2 is 2.05 bits per heavy atom. The van der Waals surface area contributed by atoms with Gasteiger partial charge in [0.2, 0.25) is 0 Å². The van der Waals surface area contributed by atoms with E-state index in [0.29, 0.717) is 28.9 Å². The number of hydrogen-bond donors (Lipinski definition) is 1. The van der Waals surface area contributed by atoms with Gasteiger partial charge in [-0.1, -0.05) is 11.6 Å². The molecule has 0 amide bonds. The van der Waals surface area contributed by atoms with Crippen molar-refractivity contribution in [1.82, 2.24) is 9.62 Å². The highest BCUT2D eigenvalue weighted by Crippen LogP contribution is 2.32. The van der Waals surface area contributed by atoms with Crippen molar-refractivity contribution in [3.63, 3.8) is 0 Å². The lowest BCUT2D eigenvalue weighted by Gasteiger charge is -2.18. The molecule has 2 heterocycles. The summed E-state index contributed by atoms with van der Waals surface area (Å²) in [5.74, 6) is 0. The molecule has 108 valence electrons. The summed E-state index contributed by atoms with van der Waals surface area (Å²) in [6.07, 6.45) is 0.843. The first-order valence-corrected chi connectivity index (χ1v) is 9.11. The molecule has 0 radical (unpaired) electrons. The van der Waals surface area contributed by atoms with Gasteiger partial charge in [0.25, 0.3) is 10.0 Å². The molecule has 1 aromatic heterocycles. The Bertz CT molecular complexity index is 719. The van der Waals surface area contributed by atoms with Gasteiger partial charge < -0.3 is 5.32 Å². The third-order valence-corrected chi connectivity index (χ3v) is 7.05. The van der Waals surface area contributed by atoms with Crippen molar-refractivity contribution >= 4 is 43.0 Å². The molecule has 7 heteroatoms. The predicted octanol–water partition coefficient (Wildman–Crippen LogP) is 2.54. The van der Waals surface area contributed by atoms with Crippen LogP contribution in [0.5, 0.6) is 0 Å². The van der Waals surface area contributed by atoms with Crippen molar-refractivity contribution in [3.05, 3.63) is 29.3 Å². The van der Waals surface area contributed by atoms with E-state index in [0.717, 1.165) is 23.1 Å². The number of sulfonamides is 1. The zero-order chi connectivity index (χ0) is 14.2. The van der Waals surface area contributed by atoms with E-state index in [1.165, 1.54) is 11.3 Å². The van der Waals surface area contributed by atoms with Crippen LogP contribution in [0.3, 0.4) is 0 Å². The summed E-state index contributed by atoms with van der Waals surface area (Å²) in [5.41, 5.74) is 0. The fraction of sp³-hybridized carbons (Fsp3) is 0.385. The van der Waals surface area contributed by atoms with E-state index in [1.807, 2.05) is 6.07 Å². The predicted molar refractivity (Wildman–Crippen MR) is 83.1 cm³/mol. The van der Waals surface area contributed by atoms with Crippen LogP contribution in [0, 0.1) is 0 Å². The molecule has 1 aromatic carbocycles. The van der Waals surface area contributed by atoms with Gasteiger partial charge in [0, 0.05) is 29.4 Å². The number of hydrogen-bond acceptors (Lipinski definition) is 4. The number of nitrogens with one attached hydrogen (secondary N) is 1. The average Bonchev–Trinajstić information content (AvgIpc) is 2.65. The molecule has 1 N–H and O–H groups in total. The van der Waals surface area contributed by atoms with Crippen LogP contribution in [-0.4, -0.2) is 38.9 Å². The fourth-order valence-electron chi connectivity index (χ4n) is 2.31. The van der Waals surface area contributed by atoms with E-state index in [2.05, 4.69) is 5.32 Å². The van der Waals surface area contributed by atoms with Crippen LogP contribution in [0.25, 0.3) is 10.1 Å². The molecule has 2 aromatic rings. The molecule has 0 atom stereocenters. The second-order valence-corrected chi connectivity index (χ2v) is 8.44. The summed E-state index contributed by atoms with van der Waals surface area (Å²) in [4.78, 5) is 0. The maximum Gasteiger partial charge on any atom is 0.252 e. The molecule has 4 nitrogen and oxygen atoms in total. The number of rotatable bonds is 2. The Hall–Kier alpha value is -0.660. The van der Waals surface area contributed by atoms with E-state index in [9.17, 15) is 8.42 Å². The normalized spacial score (nSPS) is 18.2. The van der Waals surface area contributed by atoms with Crippen molar-refractivity contribution in [2.45, 2.75) is 10.6 Å². The van der Waals surface area contributed by atoms with Crippen LogP contribution in [0.15, 0.2) is 28.5 Å². The number of thiophene rings is 1. The Morgan fingerprint density at radius 1 is 1.20 bits per heavy atom. The third kappa shape index (κ3) is 2.71. The van der Waals surface area contributed by atoms with Gasteiger partial charge in [0.15, 0.2) is 0 Å². The topological polar surface area (TPSA) is 49.4 Å². The van der Waals surface area contributed by atoms with Gasteiger partial charge in [0.05, 0.1) is 0 Å². The van der Waals surface area contributed by atoms with Gasteiger partial charge >= 0.3 is 0 Å². The Balaban J connectivity index is 1.99. The minimum absolute atomic E-state index is 0.400. The van der Waals surface area contributed by atoms with Crippen LogP contribution >= 0.6 is 22.9 Å². The van der Waals surface area contributed by atoms with Crippen LogP contribution in [0.2, 0.25) is 5.02 Å². The highest BCUT2D eigenvalue weighted by molar-refractivity contribution is 7.91. The van der Waals surface area contributed by atoms with Crippen molar-refractivity contribution in [1.29, 1.82) is 0 Å². The van der Waals surface area contributed by atoms with Crippen LogP contribution < -0.4 is 5.32 Å². The van der Waals surface area contributed by atoms with Crippen LogP contribution in [0.1, 0.15) is 6.42 Å². The number of halogens is 1. The molecule has 0 saturated carbocycles. The molecular formula is C13H15ClN2O2S2. The number of benzene rings is 1. The number of nitrogens with zero attached hydrogens (tertiary/aromatic N) is 1. The fourth-order valence-corrected chi connectivity index (χ4v) is 5.50. The van der Waals surface area contributed by atoms with Crippen molar-refractivity contribution in [2.75, 3.05) is 26.2 Å². The summed E-state index contributed by atoms with van der Waals surface area (Å²) in [6, 6.07) is 7.17. The summed E-state index contributed by atoms with van der Waals surface area (Å²) >= 11 is 7.25. The van der Waals surface area contributed by atoms with Gasteiger partial charge in [-0.2, -0.15) is 4.31 Å². The zero-order valence-corrected chi connectivity index (χ0v) is 13.2. The molecule has 20 heavy (non-hydrogen) atoms. The van der Waals surface area contributed by atoms with Crippen molar-refractivity contribution < 1.29 is 8.42 Å². The van der Waals surface area contributed by atoms with Gasteiger partial charge in [-0.3, -0.25) is 0 Å². The summed E-state index contributed by atoms with van der Waals surface area (Å²) in [6.45, 7) is 2.67. The first-order chi connectivity index (χ1) is 9.57. The van der Waals surface area contributed by atoms with Crippen LogP contribution in [-0.2, 0) is 10.0 Å². The highest BCUT2D eigenvalue weighted by Gasteiger charge is 2.26. The first-order valence-electron chi connectivity index (χ1n) is 6.47. The van der Waals surface area contributed by atoms with E-state index in [1.54, 1.807) is 22.5 Å². The second-order valence-electron chi connectivity index (χ2n) is 4.76. The first kappa shape index (κ1) is 14.3. The second kappa shape index (κ2) is 5.61. The summed E-state index contributed by atoms with van der Waals surface area (Å²) < 4.78 is 28.3. The quantitative estimate of drug-likeness (QED) is 0.920. The van der Waals surface area contributed by atoms with Crippen molar-refractivity contribution in [2.24, 2.45) is 0 Å². The highest BCUT2D eigenvalue weighted by atomic mass is 35.5. The van der Waals surface area contributed by atoms with E-state index in [4.69, 9.17) is 11.6 Å². The Kier molecular flexibility index (Phi) is 4.01. The standard InChI is InChI=1S/C13H15ClN2O2S2/c14-11-2-3-12-10(8-11)9-13(19-12)20(17,18)16-6-1-4-15-5-7-16/h2-3,8-9,15H,1,4-7H2. The van der Waals surface area contributed by atoms with Gasteiger partial charge in [-0.25, -0.2) is 8.42 Å². The van der Waals surface area contributed by atoms with Crippen molar-refractivity contribution in [3.8, 4) is 0 Å². The molecule has 0 bridgehead atoms. The molecule has 1 aliphatic rings. The van der Waals surface area contributed by atoms with E-state index in [-0.39, 0.29) is 0 Å². The summed E-state index contributed by atoms with van der Waals surface area (Å²) in [5, 5.41) is 4.72. The van der Waals surface area contributed by atoms with Gasteiger partial charge in [-0.05, 0) is 42.6 Å². The molecular weight excluding hydrogens is 316 g/mol. The lowest BCUT2D eigenvalue weighted by Crippen LogP contribution is -2.33. The van der Waals surface area contributed by atoms with E-state index >= 15 is 0 Å². The zero-order valence-electron chi connectivity index (χ0n) is 10.8. The molecule has 1 saturated heterocycles. The smallest absolute Gasteiger partial charge is 0.252 e. The summed E-state index contributed by atoms with van der Waals surface area (Å²) in [7, 11) is -3.39. The maximum atomic E-state index is 12.7. The lowest BCUT2D eigenvalue weighted by molar-refractivity contribution is 0.433. The van der Waals surface area contributed by atoms with E-state index < -0.39 is 10.0 Å². The SMILES string of the molecule is O=S(=O)(c1cc2cc(Cl)ccc2s1)N1CCCNCC1. The molecule has 1 aliphatic heterocycles. The Labute approximate surface area is 127 Å². The molecule has 1 fully saturated rings. The molecule has 0 unspecified atom stereocenters. The largest absolute Gasteiger partial charge is 0.315 e. The lowest BCUT2D eigenvalue weighted by atomic mass is 10.3. The Morgan fingerprint density at radius 3 is 2.90 bits per heavy atom. The minimum Gasteiger partial charge on any atom is -0.315 e. The van der Waals surface area contributed by atoms with Crippen LogP contribution in [0.4, 0.5) is 0 Å². The molecule has 0 aliphatic carbocycles. The third-order valence-electron chi connectivity index (χ3n) is 3.35. The molecule has 3 rings (SSSR count).